The lowest BCUT2D eigenvalue weighted by Crippen LogP contribution is -2.07. The molecule has 1 atom stereocenters. The van der Waals surface area contributed by atoms with Gasteiger partial charge in [0.25, 0.3) is 0 Å². The van der Waals surface area contributed by atoms with Gasteiger partial charge < -0.3 is 15.2 Å². The van der Waals surface area contributed by atoms with Gasteiger partial charge in [-0.2, -0.15) is 0 Å². The summed E-state index contributed by atoms with van der Waals surface area (Å²) in [4.78, 5) is 0. The summed E-state index contributed by atoms with van der Waals surface area (Å²) < 4.78 is 5.71. The molecule has 1 heterocycles. The van der Waals surface area contributed by atoms with Gasteiger partial charge in [-0.1, -0.05) is 47.0 Å². The van der Waals surface area contributed by atoms with Gasteiger partial charge in [-0.25, -0.2) is 0 Å². The van der Waals surface area contributed by atoms with E-state index in [4.69, 9.17) is 33.5 Å². The molecule has 0 saturated heterocycles. The van der Waals surface area contributed by atoms with E-state index in [0.29, 0.717) is 22.0 Å². The number of anilines is 2. The number of nitrogens with two attached hydrogens (primary N) is 1. The van der Waals surface area contributed by atoms with Crippen molar-refractivity contribution in [2.24, 2.45) is 5.84 Å². The number of hydrogen-bond donors (Lipinski definition) is 3. The minimum absolute atomic E-state index is 0.0920. The van der Waals surface area contributed by atoms with Crippen molar-refractivity contribution in [1.29, 1.82) is 0 Å². The molecule has 134 valence electrons. The number of aromatic nitrogens is 2. The van der Waals surface area contributed by atoms with E-state index in [1.165, 1.54) is 0 Å². The van der Waals surface area contributed by atoms with Gasteiger partial charge in [0, 0.05) is 5.56 Å². The van der Waals surface area contributed by atoms with Crippen LogP contribution in [0.3, 0.4) is 0 Å². The van der Waals surface area contributed by atoms with Crippen molar-refractivity contribution >= 4 is 41.0 Å². The maximum Gasteiger partial charge on any atom is 0.316 e. The second-order valence-corrected chi connectivity index (χ2v) is 6.42. The fourth-order valence-corrected chi connectivity index (χ4v) is 2.75. The summed E-state index contributed by atoms with van der Waals surface area (Å²) >= 11 is 12.0. The van der Waals surface area contributed by atoms with Gasteiger partial charge >= 0.3 is 6.01 Å². The lowest BCUT2D eigenvalue weighted by Gasteiger charge is -2.12. The molecule has 3 aromatic rings. The van der Waals surface area contributed by atoms with Crippen molar-refractivity contribution in [3.05, 3.63) is 64.1 Å². The van der Waals surface area contributed by atoms with Crippen molar-refractivity contribution in [3.63, 3.8) is 0 Å². The van der Waals surface area contributed by atoms with Crippen LogP contribution in [0, 0.1) is 0 Å². The molecule has 0 aliphatic heterocycles. The van der Waals surface area contributed by atoms with Crippen molar-refractivity contribution in [3.8, 4) is 11.5 Å². The molecule has 3 rings (SSSR count). The highest BCUT2D eigenvalue weighted by atomic mass is 35.5. The predicted octanol–water partition coefficient (Wildman–Crippen LogP) is 5.15. The zero-order chi connectivity index (χ0) is 18.7. The first kappa shape index (κ1) is 18.3. The molecule has 4 N–H and O–H groups in total. The third-order valence-electron chi connectivity index (χ3n) is 3.88. The molecule has 0 fully saturated rings. The molecular weight excluding hydrogens is 373 g/mol. The number of hydrogen-bond acceptors (Lipinski definition) is 6. The molecule has 0 radical (unpaired) electrons. The number of nitrogens with one attached hydrogen (secondary N) is 2. The smallest absolute Gasteiger partial charge is 0.316 e. The maximum absolute atomic E-state index is 6.07. The summed E-state index contributed by atoms with van der Waals surface area (Å²) in [6.07, 6.45) is 1.70. The Hall–Kier alpha value is -2.54. The highest BCUT2D eigenvalue weighted by Crippen LogP contribution is 2.29. The topological polar surface area (TPSA) is 89.0 Å². The van der Waals surface area contributed by atoms with Gasteiger partial charge in [-0.3, -0.25) is 5.84 Å². The van der Waals surface area contributed by atoms with E-state index >= 15 is 0 Å². The predicted molar refractivity (Wildman–Crippen MR) is 106 cm³/mol. The summed E-state index contributed by atoms with van der Waals surface area (Å²) in [5, 5.41) is 12.3. The molecule has 0 saturated carbocycles. The Morgan fingerprint density at radius 3 is 2.65 bits per heavy atom. The Bertz CT molecular complexity index is 941. The number of nitrogens with zero attached hydrogens (tertiary/aromatic N) is 2. The number of halogens is 2. The number of benzene rings is 2. The van der Waals surface area contributed by atoms with E-state index in [-0.39, 0.29) is 6.04 Å². The van der Waals surface area contributed by atoms with Crippen LogP contribution >= 0.6 is 23.2 Å². The Kier molecular flexibility index (Phi) is 5.46. The van der Waals surface area contributed by atoms with E-state index in [9.17, 15) is 0 Å². The fourth-order valence-electron chi connectivity index (χ4n) is 2.44. The first-order chi connectivity index (χ1) is 12.5. The zero-order valence-electron chi connectivity index (χ0n) is 14.0. The molecule has 6 nitrogen and oxygen atoms in total. The molecule has 0 aliphatic carbocycles. The highest BCUT2D eigenvalue weighted by Gasteiger charge is 2.14. The molecule has 0 spiro atoms. The molecule has 0 amide bonds. The minimum atomic E-state index is -0.0920. The van der Waals surface area contributed by atoms with Crippen molar-refractivity contribution in [2.75, 3.05) is 10.7 Å². The van der Waals surface area contributed by atoms with Gasteiger partial charge in [-0.15, -0.1) is 5.10 Å². The third-order valence-corrected chi connectivity index (χ3v) is 4.62. The molecule has 1 aromatic heterocycles. The largest absolute Gasteiger partial charge is 0.403 e. The van der Waals surface area contributed by atoms with E-state index in [1.807, 2.05) is 31.2 Å². The standard InChI is InChI=1S/C18H17Cl2N5O/c1-3-11-8-13(5-7-16(11)23-21)17-24-25-18(26-17)22-10(2)12-4-6-14(19)15(20)9-12/h3-10,23H,1,21H2,2H3,(H,22,25)/t10-/m1/s1. The zero-order valence-corrected chi connectivity index (χ0v) is 15.5. The summed E-state index contributed by atoms with van der Waals surface area (Å²) in [7, 11) is 0. The van der Waals surface area contributed by atoms with Crippen molar-refractivity contribution in [1.82, 2.24) is 10.2 Å². The SMILES string of the molecule is C=Cc1cc(-c2nnc(N[C@H](C)c3ccc(Cl)c(Cl)c3)o2)ccc1NN. The van der Waals surface area contributed by atoms with Crippen LogP contribution in [0.1, 0.15) is 24.1 Å². The van der Waals surface area contributed by atoms with Gasteiger partial charge in [0.15, 0.2) is 0 Å². The van der Waals surface area contributed by atoms with E-state index in [1.54, 1.807) is 18.2 Å². The summed E-state index contributed by atoms with van der Waals surface area (Å²) in [5.74, 6) is 5.86. The van der Waals surface area contributed by atoms with Crippen molar-refractivity contribution < 1.29 is 4.42 Å². The summed E-state index contributed by atoms with van der Waals surface area (Å²) in [5.41, 5.74) is 5.92. The molecule has 0 unspecified atom stereocenters. The fraction of sp³-hybridized carbons (Fsp3) is 0.111. The Labute approximate surface area is 161 Å². The first-order valence-corrected chi connectivity index (χ1v) is 8.56. The van der Waals surface area contributed by atoms with Crippen LogP contribution in [-0.4, -0.2) is 10.2 Å². The first-order valence-electron chi connectivity index (χ1n) is 7.80. The van der Waals surface area contributed by atoms with Crippen LogP contribution in [0.2, 0.25) is 10.0 Å². The van der Waals surface area contributed by atoms with Crippen LogP contribution in [0.15, 0.2) is 47.4 Å². The van der Waals surface area contributed by atoms with Crippen molar-refractivity contribution in [2.45, 2.75) is 13.0 Å². The summed E-state index contributed by atoms with van der Waals surface area (Å²) in [6, 6.07) is 11.2. The van der Waals surface area contributed by atoms with E-state index in [2.05, 4.69) is 27.5 Å². The average Bonchev–Trinajstić information content (AvgIpc) is 3.11. The third kappa shape index (κ3) is 3.83. The minimum Gasteiger partial charge on any atom is -0.403 e. The van der Waals surface area contributed by atoms with Gasteiger partial charge in [-0.05, 0) is 48.4 Å². The van der Waals surface area contributed by atoms with Gasteiger partial charge in [0.1, 0.15) is 0 Å². The summed E-state index contributed by atoms with van der Waals surface area (Å²) in [6.45, 7) is 5.73. The molecule has 8 heteroatoms. The normalized spacial score (nSPS) is 11.8. The molecule has 0 bridgehead atoms. The second kappa shape index (κ2) is 7.78. The van der Waals surface area contributed by atoms with Crippen LogP contribution in [0.25, 0.3) is 17.5 Å². The van der Waals surface area contributed by atoms with Gasteiger partial charge in [0.2, 0.25) is 5.89 Å². The number of hydrazine groups is 1. The Morgan fingerprint density at radius 1 is 1.15 bits per heavy atom. The van der Waals surface area contributed by atoms with E-state index in [0.717, 1.165) is 22.4 Å². The quantitative estimate of drug-likeness (QED) is 0.399. The average molecular weight is 390 g/mol. The number of rotatable bonds is 6. The molecule has 0 aliphatic rings. The lowest BCUT2D eigenvalue weighted by molar-refractivity contribution is 0.573. The van der Waals surface area contributed by atoms with Crippen LogP contribution in [0.5, 0.6) is 0 Å². The van der Waals surface area contributed by atoms with Crippen LogP contribution in [-0.2, 0) is 0 Å². The molecule has 2 aromatic carbocycles. The second-order valence-electron chi connectivity index (χ2n) is 5.60. The van der Waals surface area contributed by atoms with Gasteiger partial charge in [0.05, 0.1) is 21.8 Å². The molecule has 26 heavy (non-hydrogen) atoms. The highest BCUT2D eigenvalue weighted by molar-refractivity contribution is 6.42. The van der Waals surface area contributed by atoms with Crippen LogP contribution in [0.4, 0.5) is 11.7 Å². The number of nitrogen functional groups attached to an aromatic ring is 1. The van der Waals surface area contributed by atoms with Crippen LogP contribution < -0.4 is 16.6 Å². The molecular formula is C18H17Cl2N5O. The Balaban J connectivity index is 1.79. The monoisotopic (exact) mass is 389 g/mol. The lowest BCUT2D eigenvalue weighted by atomic mass is 10.1. The van der Waals surface area contributed by atoms with E-state index < -0.39 is 0 Å². The maximum atomic E-state index is 6.07. The Morgan fingerprint density at radius 2 is 1.96 bits per heavy atom.